The van der Waals surface area contributed by atoms with Crippen LogP contribution < -0.4 is 10.1 Å². The predicted molar refractivity (Wildman–Crippen MR) is 80.3 cm³/mol. The second-order valence-electron chi connectivity index (χ2n) is 4.93. The van der Waals surface area contributed by atoms with Gasteiger partial charge >= 0.3 is 6.03 Å². The van der Waals surface area contributed by atoms with Crippen LogP contribution >= 0.6 is 0 Å². The normalized spacial score (nSPS) is 17.0. The lowest BCUT2D eigenvalue weighted by molar-refractivity contribution is 0.126. The molecule has 1 aliphatic heterocycles. The molecule has 2 aromatic rings. The minimum absolute atomic E-state index is 0.0953. The number of benzene rings is 1. The van der Waals surface area contributed by atoms with E-state index in [1.165, 1.54) is 5.56 Å². The number of nitrogens with one attached hydrogen (secondary N) is 1. The monoisotopic (exact) mass is 283 g/mol. The Morgan fingerprint density at radius 2 is 2.10 bits per heavy atom. The van der Waals surface area contributed by atoms with E-state index >= 15 is 0 Å². The molecule has 1 aromatic heterocycles. The van der Waals surface area contributed by atoms with Crippen molar-refractivity contribution in [3.63, 3.8) is 0 Å². The maximum atomic E-state index is 12.3. The molecule has 5 heteroatoms. The van der Waals surface area contributed by atoms with Gasteiger partial charge < -0.3 is 15.0 Å². The van der Waals surface area contributed by atoms with Gasteiger partial charge in [0.15, 0.2) is 0 Å². The molecule has 0 aliphatic carbocycles. The number of urea groups is 1. The molecule has 1 atom stereocenters. The third-order valence-electron chi connectivity index (χ3n) is 3.66. The molecule has 1 saturated heterocycles. The molecule has 1 N–H and O–H groups in total. The molecule has 0 bridgehead atoms. The highest BCUT2D eigenvalue weighted by atomic mass is 16.5. The molecule has 108 valence electrons. The van der Waals surface area contributed by atoms with E-state index in [9.17, 15) is 4.79 Å². The summed E-state index contributed by atoms with van der Waals surface area (Å²) in [7, 11) is 1.56. The number of likely N-dealkylation sites (tertiary alicyclic amines) is 1. The quantitative estimate of drug-likeness (QED) is 0.941. The Morgan fingerprint density at radius 1 is 1.29 bits per heavy atom. The highest BCUT2D eigenvalue weighted by molar-refractivity contribution is 5.90. The summed E-state index contributed by atoms with van der Waals surface area (Å²) in [5.74, 6) is 0.527. The average Bonchev–Trinajstić information content (AvgIpc) is 2.48. The maximum absolute atomic E-state index is 12.3. The fraction of sp³-hybridized carbons (Fsp3) is 0.250. The average molecular weight is 283 g/mol. The number of carbonyl (C=O) groups is 1. The molecule has 1 aromatic carbocycles. The molecule has 5 nitrogen and oxygen atoms in total. The Balaban J connectivity index is 1.65. The van der Waals surface area contributed by atoms with Gasteiger partial charge in [0, 0.05) is 12.6 Å². The number of carbonyl (C=O) groups excluding carboxylic acids is 1. The van der Waals surface area contributed by atoms with Gasteiger partial charge in [0.1, 0.15) is 0 Å². The number of rotatable bonds is 3. The number of pyridine rings is 1. The zero-order valence-electron chi connectivity index (χ0n) is 11.8. The lowest BCUT2D eigenvalue weighted by Crippen LogP contribution is -2.47. The summed E-state index contributed by atoms with van der Waals surface area (Å²) >= 11 is 0. The number of aromatic nitrogens is 1. The van der Waals surface area contributed by atoms with Crippen LogP contribution in [0.3, 0.4) is 0 Å². The van der Waals surface area contributed by atoms with E-state index in [4.69, 9.17) is 4.74 Å². The SMILES string of the molecule is COc1ccc(NC(=O)N2CC[C@@H]2c2ccccc2)cn1. The van der Waals surface area contributed by atoms with Crippen LogP contribution in [0, 0.1) is 0 Å². The summed E-state index contributed by atoms with van der Waals surface area (Å²) in [6, 6.07) is 13.7. The van der Waals surface area contributed by atoms with Crippen LogP contribution in [0.5, 0.6) is 5.88 Å². The zero-order valence-corrected chi connectivity index (χ0v) is 11.8. The summed E-state index contributed by atoms with van der Waals surface area (Å²) in [5, 5.41) is 2.86. The first-order chi connectivity index (χ1) is 10.3. The van der Waals surface area contributed by atoms with E-state index in [0.29, 0.717) is 11.6 Å². The summed E-state index contributed by atoms with van der Waals surface area (Å²) in [6.07, 6.45) is 2.59. The largest absolute Gasteiger partial charge is 0.481 e. The molecule has 0 radical (unpaired) electrons. The van der Waals surface area contributed by atoms with E-state index in [-0.39, 0.29) is 12.1 Å². The number of nitrogens with zero attached hydrogens (tertiary/aromatic N) is 2. The fourth-order valence-corrected chi connectivity index (χ4v) is 2.42. The van der Waals surface area contributed by atoms with E-state index in [1.807, 2.05) is 23.1 Å². The Kier molecular flexibility index (Phi) is 3.73. The van der Waals surface area contributed by atoms with Gasteiger partial charge in [0.25, 0.3) is 0 Å². The molecule has 21 heavy (non-hydrogen) atoms. The van der Waals surface area contributed by atoms with Gasteiger partial charge in [0.2, 0.25) is 5.88 Å². The van der Waals surface area contributed by atoms with Gasteiger partial charge in [-0.15, -0.1) is 0 Å². The molecular formula is C16H17N3O2. The van der Waals surface area contributed by atoms with E-state index in [0.717, 1.165) is 13.0 Å². The van der Waals surface area contributed by atoms with Crippen LogP contribution in [0.2, 0.25) is 0 Å². The highest BCUT2D eigenvalue weighted by Crippen LogP contribution is 2.33. The first kappa shape index (κ1) is 13.4. The first-order valence-electron chi connectivity index (χ1n) is 6.90. The maximum Gasteiger partial charge on any atom is 0.322 e. The predicted octanol–water partition coefficient (Wildman–Crippen LogP) is 3.07. The number of hydrogen-bond acceptors (Lipinski definition) is 3. The van der Waals surface area contributed by atoms with Crippen LogP contribution in [0.15, 0.2) is 48.7 Å². The topological polar surface area (TPSA) is 54.5 Å². The molecule has 2 heterocycles. The van der Waals surface area contributed by atoms with Crippen molar-refractivity contribution in [1.82, 2.24) is 9.88 Å². The van der Waals surface area contributed by atoms with Crippen LogP contribution in [-0.4, -0.2) is 29.6 Å². The molecule has 1 aliphatic rings. The Labute approximate surface area is 123 Å². The molecular weight excluding hydrogens is 266 g/mol. The Morgan fingerprint density at radius 3 is 2.67 bits per heavy atom. The molecule has 0 spiro atoms. The highest BCUT2D eigenvalue weighted by Gasteiger charge is 2.33. The van der Waals surface area contributed by atoms with Gasteiger partial charge in [-0.2, -0.15) is 0 Å². The van der Waals surface area contributed by atoms with Gasteiger partial charge in [-0.1, -0.05) is 30.3 Å². The number of amides is 2. The second-order valence-corrected chi connectivity index (χ2v) is 4.93. The molecule has 0 unspecified atom stereocenters. The molecule has 0 saturated carbocycles. The smallest absolute Gasteiger partial charge is 0.322 e. The summed E-state index contributed by atoms with van der Waals surface area (Å²) in [5.41, 5.74) is 1.84. The second kappa shape index (κ2) is 5.83. The van der Waals surface area contributed by atoms with Crippen molar-refractivity contribution in [1.29, 1.82) is 0 Å². The van der Waals surface area contributed by atoms with Crippen molar-refractivity contribution in [2.24, 2.45) is 0 Å². The number of anilines is 1. The third kappa shape index (κ3) is 2.81. The van der Waals surface area contributed by atoms with Crippen molar-refractivity contribution in [2.75, 3.05) is 19.0 Å². The summed E-state index contributed by atoms with van der Waals surface area (Å²) in [4.78, 5) is 18.2. The lowest BCUT2D eigenvalue weighted by atomic mass is 9.95. The van der Waals surface area contributed by atoms with Crippen LogP contribution in [0.1, 0.15) is 18.0 Å². The third-order valence-corrected chi connectivity index (χ3v) is 3.66. The number of hydrogen-bond donors (Lipinski definition) is 1. The number of methoxy groups -OCH3 is 1. The molecule has 1 fully saturated rings. The minimum Gasteiger partial charge on any atom is -0.481 e. The summed E-state index contributed by atoms with van der Waals surface area (Å²) < 4.78 is 4.99. The van der Waals surface area contributed by atoms with Crippen molar-refractivity contribution in [3.8, 4) is 5.88 Å². The van der Waals surface area contributed by atoms with Gasteiger partial charge in [-0.05, 0) is 18.1 Å². The molecule has 2 amide bonds. The Hall–Kier alpha value is -2.56. The van der Waals surface area contributed by atoms with Crippen LogP contribution in [0.25, 0.3) is 0 Å². The van der Waals surface area contributed by atoms with Crippen LogP contribution in [-0.2, 0) is 0 Å². The molecule has 3 rings (SSSR count). The number of ether oxygens (including phenoxy) is 1. The fourth-order valence-electron chi connectivity index (χ4n) is 2.42. The van der Waals surface area contributed by atoms with Crippen molar-refractivity contribution in [2.45, 2.75) is 12.5 Å². The van der Waals surface area contributed by atoms with E-state index in [1.54, 1.807) is 25.4 Å². The van der Waals surface area contributed by atoms with Crippen molar-refractivity contribution < 1.29 is 9.53 Å². The van der Waals surface area contributed by atoms with Gasteiger partial charge in [-0.25, -0.2) is 9.78 Å². The first-order valence-corrected chi connectivity index (χ1v) is 6.90. The van der Waals surface area contributed by atoms with E-state index in [2.05, 4.69) is 22.4 Å². The van der Waals surface area contributed by atoms with Gasteiger partial charge in [-0.3, -0.25) is 0 Å². The zero-order chi connectivity index (χ0) is 14.7. The van der Waals surface area contributed by atoms with Crippen molar-refractivity contribution >= 4 is 11.7 Å². The summed E-state index contributed by atoms with van der Waals surface area (Å²) in [6.45, 7) is 0.773. The van der Waals surface area contributed by atoms with Crippen LogP contribution in [0.4, 0.5) is 10.5 Å². The Bertz CT molecular complexity index is 613. The minimum atomic E-state index is -0.0953. The lowest BCUT2D eigenvalue weighted by Gasteiger charge is -2.41. The van der Waals surface area contributed by atoms with E-state index < -0.39 is 0 Å². The van der Waals surface area contributed by atoms with Gasteiger partial charge in [0.05, 0.1) is 25.0 Å². The van der Waals surface area contributed by atoms with Crippen molar-refractivity contribution in [3.05, 3.63) is 54.2 Å². The standard InChI is InChI=1S/C16H17N3O2/c1-21-15-8-7-13(11-17-15)18-16(20)19-10-9-14(19)12-5-3-2-4-6-12/h2-8,11,14H,9-10H2,1H3,(H,18,20)/t14-/m1/s1.